The number of hydrogen-bond acceptors (Lipinski definition) is 12. The van der Waals surface area contributed by atoms with E-state index in [2.05, 4.69) is 62.5 Å². The Kier molecular flexibility index (Phi) is 11.2. The predicted octanol–water partition coefficient (Wildman–Crippen LogP) is 6.47. The van der Waals surface area contributed by atoms with Crippen molar-refractivity contribution in [1.29, 1.82) is 0 Å². The Morgan fingerprint density at radius 3 is 1.77 bits per heavy atom. The first-order valence-electron chi connectivity index (χ1n) is 21.4. The molecular formula is C48H46N12O4. The monoisotopic (exact) mass is 854 g/mol. The molecule has 3 N–H and O–H groups in total. The second kappa shape index (κ2) is 17.7. The maximum atomic E-state index is 13.6. The first-order chi connectivity index (χ1) is 31.4. The van der Waals surface area contributed by atoms with Crippen molar-refractivity contribution in [1.82, 2.24) is 50.1 Å². The number of H-pyrrole nitrogens is 1. The molecule has 8 heterocycles. The van der Waals surface area contributed by atoms with E-state index >= 15 is 0 Å². The van der Waals surface area contributed by atoms with Gasteiger partial charge in [-0.25, -0.2) is 29.9 Å². The summed E-state index contributed by atoms with van der Waals surface area (Å²) in [7, 11) is 0. The third kappa shape index (κ3) is 8.23. The summed E-state index contributed by atoms with van der Waals surface area (Å²) in [5.74, 6) is -0.601. The molecule has 2 saturated heterocycles. The van der Waals surface area contributed by atoms with Crippen molar-refractivity contribution in [3.63, 3.8) is 0 Å². The number of morpholine rings is 2. The number of ether oxygens (including phenoxy) is 2. The van der Waals surface area contributed by atoms with Gasteiger partial charge in [-0.1, -0.05) is 42.5 Å². The third-order valence-corrected chi connectivity index (χ3v) is 11.9. The maximum Gasteiger partial charge on any atom is 0.289 e. The van der Waals surface area contributed by atoms with E-state index < -0.39 is 5.91 Å². The van der Waals surface area contributed by atoms with Gasteiger partial charge in [-0.05, 0) is 49.2 Å². The molecule has 2 fully saturated rings. The highest BCUT2D eigenvalue weighted by atomic mass is 16.5. The van der Waals surface area contributed by atoms with Gasteiger partial charge in [0.05, 0.1) is 62.3 Å². The average molecular weight is 855 g/mol. The van der Waals surface area contributed by atoms with Crippen molar-refractivity contribution in [2.24, 2.45) is 0 Å². The van der Waals surface area contributed by atoms with E-state index in [9.17, 15) is 9.59 Å². The second-order valence-electron chi connectivity index (χ2n) is 16.0. The van der Waals surface area contributed by atoms with Gasteiger partial charge in [0.1, 0.15) is 11.3 Å². The smallest absolute Gasteiger partial charge is 0.289 e. The Hall–Kier alpha value is -7.56. The van der Waals surface area contributed by atoms with Crippen molar-refractivity contribution in [3.05, 3.63) is 139 Å². The number of aromatic nitrogens is 8. The normalized spacial score (nSPS) is 15.3. The standard InChI is InChI=1S/C48H46N12O4/c1-30(32-7-4-3-5-8-32)56-47(61)44-51-24-35(25-52-44)42-29-60(46-40(42)21-38(27-55-46)59-13-17-64-18-14-59)36-10-6-9-33(19-36)31(2)57-48(62)45-49-22-34(23-50-45)41-28-54-43-39(41)20-37(26-53-43)58-11-15-63-16-12-58/h3-10,19-31H,11-18H2,1-2H3,(H,53,54)(H,56,61)(H,57,62)/t30-,31+/m1/s1. The van der Waals surface area contributed by atoms with Gasteiger partial charge >= 0.3 is 0 Å². The zero-order valence-electron chi connectivity index (χ0n) is 35.4. The number of aromatic amines is 1. The Morgan fingerprint density at radius 1 is 0.594 bits per heavy atom. The molecule has 8 aromatic rings. The van der Waals surface area contributed by atoms with Crippen LogP contribution in [0.4, 0.5) is 11.4 Å². The van der Waals surface area contributed by atoms with Gasteiger partial charge < -0.3 is 39.5 Å². The Morgan fingerprint density at radius 2 is 1.14 bits per heavy atom. The molecule has 2 amide bonds. The van der Waals surface area contributed by atoms with E-state index in [1.54, 1.807) is 24.8 Å². The molecule has 16 nitrogen and oxygen atoms in total. The first kappa shape index (κ1) is 40.5. The zero-order valence-corrected chi connectivity index (χ0v) is 35.4. The minimum atomic E-state index is -0.391. The molecule has 2 aliphatic rings. The van der Waals surface area contributed by atoms with Crippen LogP contribution in [0.25, 0.3) is 50.0 Å². The van der Waals surface area contributed by atoms with Gasteiger partial charge in [-0.2, -0.15) is 0 Å². The Labute approximate surface area is 368 Å². The van der Waals surface area contributed by atoms with E-state index in [1.807, 2.05) is 97.8 Å². The van der Waals surface area contributed by atoms with Gasteiger partial charge in [0.2, 0.25) is 11.6 Å². The molecule has 0 saturated carbocycles. The number of nitrogens with one attached hydrogen (secondary N) is 3. The lowest BCUT2D eigenvalue weighted by molar-refractivity contribution is 0.0921. The lowest BCUT2D eigenvalue weighted by atomic mass is 10.1. The number of fused-ring (bicyclic) bond motifs is 2. The fourth-order valence-corrected chi connectivity index (χ4v) is 8.29. The third-order valence-electron chi connectivity index (χ3n) is 11.9. The molecule has 10 rings (SSSR count). The fraction of sp³-hybridized carbons (Fsp3) is 0.250. The van der Waals surface area contributed by atoms with Crippen molar-refractivity contribution < 1.29 is 19.1 Å². The SMILES string of the molecule is C[C@H](NC(=O)c1ncc(-c2c[nH]c3ncc(N4CCOCC4)cc23)cn1)c1cccc(-n2cc(-c3cnc(C(=O)N[C@H](C)c4ccccc4)nc3)c3cc(N4CCOCC4)cnc32)c1. The van der Waals surface area contributed by atoms with Crippen LogP contribution in [-0.4, -0.2) is 104 Å². The highest BCUT2D eigenvalue weighted by Crippen LogP contribution is 2.35. The van der Waals surface area contributed by atoms with E-state index in [0.717, 1.165) is 98.7 Å². The summed E-state index contributed by atoms with van der Waals surface area (Å²) in [6.45, 7) is 9.66. The summed E-state index contributed by atoms with van der Waals surface area (Å²) in [5, 5.41) is 7.93. The van der Waals surface area contributed by atoms with E-state index in [1.165, 1.54) is 0 Å². The van der Waals surface area contributed by atoms with Gasteiger partial charge in [-0.3, -0.25) is 9.59 Å². The molecule has 2 atom stereocenters. The van der Waals surface area contributed by atoms with E-state index in [4.69, 9.17) is 14.5 Å². The summed E-state index contributed by atoms with van der Waals surface area (Å²) in [4.78, 5) is 62.1. The fourth-order valence-electron chi connectivity index (χ4n) is 8.29. The molecule has 0 bridgehead atoms. The van der Waals surface area contributed by atoms with Crippen molar-refractivity contribution in [3.8, 4) is 27.9 Å². The second-order valence-corrected chi connectivity index (χ2v) is 16.0. The van der Waals surface area contributed by atoms with Crippen LogP contribution < -0.4 is 20.4 Å². The number of benzene rings is 2. The highest BCUT2D eigenvalue weighted by molar-refractivity contribution is 5.98. The van der Waals surface area contributed by atoms with Gasteiger partial charge in [0.25, 0.3) is 11.8 Å². The summed E-state index contributed by atoms with van der Waals surface area (Å²) in [6.07, 6.45) is 14.4. The minimum Gasteiger partial charge on any atom is -0.378 e. The van der Waals surface area contributed by atoms with Crippen LogP contribution in [0.3, 0.4) is 0 Å². The zero-order chi connectivity index (χ0) is 43.6. The highest BCUT2D eigenvalue weighted by Gasteiger charge is 2.22. The molecule has 64 heavy (non-hydrogen) atoms. The van der Waals surface area contributed by atoms with Gasteiger partial charge in [-0.15, -0.1) is 0 Å². The van der Waals surface area contributed by atoms with Crippen LogP contribution in [-0.2, 0) is 9.47 Å². The lowest BCUT2D eigenvalue weighted by Gasteiger charge is -2.28. The molecule has 6 aromatic heterocycles. The number of pyridine rings is 2. The van der Waals surface area contributed by atoms with Crippen LogP contribution in [0.1, 0.15) is 58.3 Å². The molecule has 2 aliphatic heterocycles. The minimum absolute atomic E-state index is 0.0662. The van der Waals surface area contributed by atoms with Crippen molar-refractivity contribution in [2.75, 3.05) is 62.4 Å². The number of rotatable bonds is 11. The number of carbonyl (C=O) groups is 2. The summed E-state index contributed by atoms with van der Waals surface area (Å²) in [6, 6.07) is 21.4. The molecule has 0 radical (unpaired) electrons. The van der Waals surface area contributed by atoms with Crippen LogP contribution in [0.15, 0.2) is 116 Å². The molecule has 16 heteroatoms. The largest absolute Gasteiger partial charge is 0.378 e. The molecular weight excluding hydrogens is 809 g/mol. The van der Waals surface area contributed by atoms with Crippen molar-refractivity contribution in [2.45, 2.75) is 25.9 Å². The predicted molar refractivity (Wildman–Crippen MR) is 243 cm³/mol. The van der Waals surface area contributed by atoms with Gasteiger partial charge in [0, 0.05) is 102 Å². The molecule has 0 unspecified atom stereocenters. The van der Waals surface area contributed by atoms with Crippen molar-refractivity contribution >= 4 is 45.3 Å². The number of carbonyl (C=O) groups excluding carboxylic acids is 2. The van der Waals surface area contributed by atoms with Crippen LogP contribution >= 0.6 is 0 Å². The number of amides is 2. The van der Waals surface area contributed by atoms with Crippen LogP contribution in [0, 0.1) is 0 Å². The van der Waals surface area contributed by atoms with Gasteiger partial charge in [0.15, 0.2) is 0 Å². The number of anilines is 2. The molecule has 322 valence electrons. The number of hydrogen-bond donors (Lipinski definition) is 3. The molecule has 2 aromatic carbocycles. The summed E-state index contributed by atoms with van der Waals surface area (Å²) >= 11 is 0. The molecule has 0 aliphatic carbocycles. The number of nitrogens with zero attached hydrogens (tertiary/aromatic N) is 9. The van der Waals surface area contributed by atoms with E-state index in [0.29, 0.717) is 26.4 Å². The summed E-state index contributed by atoms with van der Waals surface area (Å²) < 4.78 is 13.2. The first-order valence-corrected chi connectivity index (χ1v) is 21.4. The average Bonchev–Trinajstić information content (AvgIpc) is 3.96. The topological polar surface area (TPSA) is 181 Å². The maximum absolute atomic E-state index is 13.6. The Bertz CT molecular complexity index is 2940. The molecule has 0 spiro atoms. The quantitative estimate of drug-likeness (QED) is 0.129. The van der Waals surface area contributed by atoms with E-state index in [-0.39, 0.29) is 29.6 Å². The summed E-state index contributed by atoms with van der Waals surface area (Å²) in [5.41, 5.74) is 9.50. The lowest BCUT2D eigenvalue weighted by Crippen LogP contribution is -2.36. The van der Waals surface area contributed by atoms with Crippen LogP contribution in [0.2, 0.25) is 0 Å². The Balaban J connectivity index is 0.887. The van der Waals surface area contributed by atoms with Crippen LogP contribution in [0.5, 0.6) is 0 Å².